The average Bonchev–Trinajstić information content (AvgIpc) is 2.86. The molecule has 0 saturated carbocycles. The van der Waals surface area contributed by atoms with E-state index in [0.29, 0.717) is 16.5 Å². The third-order valence-corrected chi connectivity index (χ3v) is 6.69. The number of esters is 1. The van der Waals surface area contributed by atoms with Gasteiger partial charge in [0.05, 0.1) is 63.6 Å². The van der Waals surface area contributed by atoms with E-state index in [2.05, 4.69) is 6.07 Å². The molecule has 3 rings (SSSR count). The van der Waals surface area contributed by atoms with Gasteiger partial charge >= 0.3 is 18.2 Å². The Morgan fingerprint density at radius 3 is 2.38 bits per heavy atom. The SMILES string of the molecule is COC(=O)C1=C(C)N(c2cccc(C(F)(F)F)c2)C(=N)N(C(N)=O)C1Cc1ccc(C#N)cc1CC[N+](C)(C)C. The second-order valence-electron chi connectivity index (χ2n) is 10.5. The molecule has 0 aliphatic carbocycles. The van der Waals surface area contributed by atoms with E-state index in [1.165, 1.54) is 19.1 Å². The number of carbonyl (C=O) groups excluding carboxylic acids is 2. The number of guanidine groups is 1. The van der Waals surface area contributed by atoms with Crippen LogP contribution < -0.4 is 10.6 Å². The number of methoxy groups -OCH3 is 1. The number of nitrogens with one attached hydrogen (secondary N) is 1. The van der Waals surface area contributed by atoms with Gasteiger partial charge in [-0.2, -0.15) is 18.4 Å². The topological polar surface area (TPSA) is 124 Å². The third kappa shape index (κ3) is 6.43. The lowest BCUT2D eigenvalue weighted by molar-refractivity contribution is -0.870. The number of nitrogens with two attached hydrogens (primary N) is 1. The van der Waals surface area contributed by atoms with Crippen LogP contribution in [-0.4, -0.2) is 68.2 Å². The Kier molecular flexibility index (Phi) is 8.60. The number of alkyl halides is 3. The number of ether oxygens (including phenoxy) is 1. The van der Waals surface area contributed by atoms with Crippen LogP contribution in [-0.2, 0) is 28.5 Å². The molecule has 12 heteroatoms. The van der Waals surface area contributed by atoms with Gasteiger partial charge < -0.3 is 15.0 Å². The summed E-state index contributed by atoms with van der Waals surface area (Å²) in [7, 11) is 7.22. The highest BCUT2D eigenvalue weighted by molar-refractivity contribution is 6.10. The van der Waals surface area contributed by atoms with Crippen LogP contribution in [0.25, 0.3) is 0 Å². The first-order valence-electron chi connectivity index (χ1n) is 12.3. The molecular weight excluding hydrogens is 525 g/mol. The zero-order valence-electron chi connectivity index (χ0n) is 23.0. The number of quaternary nitrogens is 1. The highest BCUT2D eigenvalue weighted by Crippen LogP contribution is 2.37. The molecule has 2 aromatic carbocycles. The van der Waals surface area contributed by atoms with Gasteiger partial charge in [-0.15, -0.1) is 0 Å². The largest absolute Gasteiger partial charge is 0.466 e. The number of benzene rings is 2. The summed E-state index contributed by atoms with van der Waals surface area (Å²) in [6.07, 6.45) is -4.02. The van der Waals surface area contributed by atoms with Crippen LogP contribution in [0.15, 0.2) is 53.7 Å². The summed E-state index contributed by atoms with van der Waals surface area (Å²) in [4.78, 5) is 27.8. The van der Waals surface area contributed by atoms with Gasteiger partial charge in [-0.25, -0.2) is 9.59 Å². The van der Waals surface area contributed by atoms with E-state index in [1.807, 2.05) is 21.1 Å². The van der Waals surface area contributed by atoms with Crippen LogP contribution in [0.2, 0.25) is 0 Å². The molecule has 1 aliphatic rings. The molecule has 0 radical (unpaired) electrons. The van der Waals surface area contributed by atoms with Crippen LogP contribution in [0.4, 0.5) is 23.7 Å². The molecule has 2 aromatic rings. The van der Waals surface area contributed by atoms with Gasteiger partial charge in [0.15, 0.2) is 0 Å². The van der Waals surface area contributed by atoms with Crippen LogP contribution >= 0.6 is 0 Å². The number of nitriles is 1. The normalized spacial score (nSPS) is 16.2. The molecule has 1 aliphatic heterocycles. The van der Waals surface area contributed by atoms with Gasteiger partial charge in [-0.3, -0.25) is 15.2 Å². The average molecular weight is 558 g/mol. The molecule has 0 saturated heterocycles. The molecule has 0 spiro atoms. The number of likely N-dealkylation sites (N-methyl/N-ethyl adjacent to an activating group) is 1. The minimum atomic E-state index is -4.65. The van der Waals surface area contributed by atoms with Gasteiger partial charge in [0.2, 0.25) is 5.96 Å². The zero-order valence-corrected chi connectivity index (χ0v) is 23.0. The number of carbonyl (C=O) groups is 2. The number of hydrogen-bond acceptors (Lipinski definition) is 5. The Hall–Kier alpha value is -4.37. The van der Waals surface area contributed by atoms with Crippen molar-refractivity contribution in [1.29, 1.82) is 10.7 Å². The van der Waals surface area contributed by atoms with Crippen molar-refractivity contribution in [3.63, 3.8) is 0 Å². The Morgan fingerprint density at radius 1 is 1.15 bits per heavy atom. The minimum absolute atomic E-state index is 0.0309. The van der Waals surface area contributed by atoms with E-state index < -0.39 is 35.7 Å². The number of allylic oxidation sites excluding steroid dienone is 1. The lowest BCUT2D eigenvalue weighted by atomic mass is 9.89. The summed E-state index contributed by atoms with van der Waals surface area (Å²) in [5.74, 6) is -1.33. The quantitative estimate of drug-likeness (QED) is 0.393. The maximum Gasteiger partial charge on any atom is 0.416 e. The number of hydrogen-bond donors (Lipinski definition) is 2. The molecule has 1 unspecified atom stereocenters. The lowest BCUT2D eigenvalue weighted by Crippen LogP contribution is -2.59. The fourth-order valence-corrected chi connectivity index (χ4v) is 4.68. The van der Waals surface area contributed by atoms with E-state index in [4.69, 9.17) is 15.9 Å². The standard InChI is InChI=1S/C28H31F3N6O3/c1-17-24(25(38)40-5)23(14-19-10-9-18(16-32)13-20(19)11-12-37(2,3)4)36(27(34)39)26(33)35(17)22-8-6-7-21(15-22)28(29,30)31/h6-10,13,15,23,33H,11-12,14H2,1-5H3,(H-,34,39)/p+1. The van der Waals surface area contributed by atoms with Crippen LogP contribution in [0.5, 0.6) is 0 Å². The first kappa shape index (κ1) is 30.2. The Balaban J connectivity index is 2.20. The van der Waals surface area contributed by atoms with Crippen molar-refractivity contribution in [2.75, 3.05) is 39.7 Å². The molecule has 1 atom stereocenters. The highest BCUT2D eigenvalue weighted by atomic mass is 19.4. The number of primary amides is 1. The molecule has 2 amide bonds. The second-order valence-corrected chi connectivity index (χ2v) is 10.5. The van der Waals surface area contributed by atoms with Crippen molar-refractivity contribution in [2.45, 2.75) is 32.0 Å². The van der Waals surface area contributed by atoms with Crippen molar-refractivity contribution in [3.05, 3.63) is 76.0 Å². The molecular formula is C28H32F3N6O3+. The minimum Gasteiger partial charge on any atom is -0.466 e. The van der Waals surface area contributed by atoms with E-state index >= 15 is 0 Å². The summed E-state index contributed by atoms with van der Waals surface area (Å²) in [6.45, 7) is 2.20. The Morgan fingerprint density at radius 2 is 1.82 bits per heavy atom. The number of rotatable bonds is 7. The van der Waals surface area contributed by atoms with E-state index in [1.54, 1.807) is 18.2 Å². The van der Waals surface area contributed by atoms with Crippen LogP contribution in [0.1, 0.15) is 29.2 Å². The fraction of sp³-hybridized carbons (Fsp3) is 0.357. The van der Waals surface area contributed by atoms with Crippen molar-refractivity contribution < 1.29 is 32.0 Å². The molecule has 9 nitrogen and oxygen atoms in total. The number of amides is 2. The number of urea groups is 1. The first-order chi connectivity index (χ1) is 18.6. The lowest BCUT2D eigenvalue weighted by Gasteiger charge is -2.43. The summed E-state index contributed by atoms with van der Waals surface area (Å²) < 4.78 is 46.1. The second kappa shape index (κ2) is 11.4. The van der Waals surface area contributed by atoms with Crippen LogP contribution in [0, 0.1) is 16.7 Å². The highest BCUT2D eigenvalue weighted by Gasteiger charge is 2.43. The summed E-state index contributed by atoms with van der Waals surface area (Å²) in [6, 6.07) is 9.29. The van der Waals surface area contributed by atoms with Crippen molar-refractivity contribution in [3.8, 4) is 6.07 Å². The maximum absolute atomic E-state index is 13.5. The smallest absolute Gasteiger partial charge is 0.416 e. The Bertz CT molecular complexity index is 1410. The van der Waals surface area contributed by atoms with E-state index in [9.17, 15) is 28.0 Å². The van der Waals surface area contributed by atoms with Gasteiger partial charge in [0, 0.05) is 17.8 Å². The first-order valence-corrected chi connectivity index (χ1v) is 12.3. The fourth-order valence-electron chi connectivity index (χ4n) is 4.68. The van der Waals surface area contributed by atoms with E-state index in [-0.39, 0.29) is 23.4 Å². The molecule has 40 heavy (non-hydrogen) atoms. The van der Waals surface area contributed by atoms with Crippen molar-refractivity contribution in [1.82, 2.24) is 4.90 Å². The predicted molar refractivity (Wildman–Crippen MR) is 143 cm³/mol. The monoisotopic (exact) mass is 557 g/mol. The zero-order chi connectivity index (χ0) is 30.0. The van der Waals surface area contributed by atoms with Gasteiger partial charge in [-0.1, -0.05) is 12.1 Å². The molecule has 0 fully saturated rings. The summed E-state index contributed by atoms with van der Waals surface area (Å²) >= 11 is 0. The Labute approximate surface area is 230 Å². The third-order valence-electron chi connectivity index (χ3n) is 6.69. The number of anilines is 1. The molecule has 0 aromatic heterocycles. The van der Waals surface area contributed by atoms with Crippen molar-refractivity contribution in [2.24, 2.45) is 5.73 Å². The summed E-state index contributed by atoms with van der Waals surface area (Å²) in [5.41, 5.74) is 6.75. The van der Waals surface area contributed by atoms with E-state index in [0.717, 1.165) is 46.7 Å². The van der Waals surface area contributed by atoms with Crippen molar-refractivity contribution >= 4 is 23.6 Å². The van der Waals surface area contributed by atoms with Gasteiger partial charge in [0.25, 0.3) is 0 Å². The molecule has 212 valence electrons. The molecule has 1 heterocycles. The number of halogens is 3. The van der Waals surface area contributed by atoms with Crippen LogP contribution in [0.3, 0.4) is 0 Å². The van der Waals surface area contributed by atoms with Gasteiger partial charge in [0.1, 0.15) is 0 Å². The number of nitrogens with zero attached hydrogens (tertiary/aromatic N) is 4. The van der Waals surface area contributed by atoms with Gasteiger partial charge in [-0.05, 0) is 54.8 Å². The predicted octanol–water partition coefficient (Wildman–Crippen LogP) is 4.02. The maximum atomic E-state index is 13.5. The molecule has 0 bridgehead atoms. The summed E-state index contributed by atoms with van der Waals surface area (Å²) in [5, 5.41) is 18.3. The molecule has 3 N–H and O–H groups in total.